The molecule has 0 unspecified atom stereocenters. The van der Waals surface area contributed by atoms with Gasteiger partial charge in [-0.25, -0.2) is 0 Å². The molecule has 0 bridgehead atoms. The Morgan fingerprint density at radius 1 is 1.19 bits per heavy atom. The zero-order valence-electron chi connectivity index (χ0n) is 14.2. The van der Waals surface area contributed by atoms with Gasteiger partial charge < -0.3 is 14.6 Å². The molecule has 0 saturated heterocycles. The average Bonchev–Trinajstić information content (AvgIpc) is 2.56. The lowest BCUT2D eigenvalue weighted by Gasteiger charge is -2.19. The minimum Gasteiger partial charge on any atom is -0.451 e. The number of nitrogens with zero attached hydrogens (tertiary/aromatic N) is 1. The molecule has 1 amide bonds. The Kier molecular flexibility index (Phi) is 6.83. The van der Waals surface area contributed by atoms with Gasteiger partial charge in [-0.15, -0.1) is 0 Å². The van der Waals surface area contributed by atoms with Crippen molar-refractivity contribution in [1.29, 1.82) is 0 Å². The lowest BCUT2D eigenvalue weighted by atomic mass is 10.1. The van der Waals surface area contributed by atoms with Crippen molar-refractivity contribution >= 4 is 35.1 Å². The van der Waals surface area contributed by atoms with E-state index in [0.29, 0.717) is 15.6 Å². The molecule has 2 atom stereocenters. The monoisotopic (exact) mass is 396 g/mol. The summed E-state index contributed by atoms with van der Waals surface area (Å²) in [5.41, 5.74) is 0.367. The van der Waals surface area contributed by atoms with Crippen molar-refractivity contribution in [3.63, 3.8) is 0 Å². The molecule has 26 heavy (non-hydrogen) atoms. The van der Waals surface area contributed by atoms with Crippen LogP contribution in [0.3, 0.4) is 0 Å². The van der Waals surface area contributed by atoms with Crippen LogP contribution in [-0.2, 0) is 20.9 Å². The average molecular weight is 397 g/mol. The number of hydrogen-bond donors (Lipinski definition) is 1. The van der Waals surface area contributed by atoms with Gasteiger partial charge in [-0.1, -0.05) is 35.3 Å². The van der Waals surface area contributed by atoms with Crippen molar-refractivity contribution < 1.29 is 14.3 Å². The summed E-state index contributed by atoms with van der Waals surface area (Å²) in [7, 11) is 0. The minimum atomic E-state index is -1.02. The molecule has 0 aliphatic carbocycles. The number of rotatable bonds is 6. The largest absolute Gasteiger partial charge is 0.451 e. The van der Waals surface area contributed by atoms with Gasteiger partial charge in [0.1, 0.15) is 6.54 Å². The Bertz CT molecular complexity index is 866. The van der Waals surface area contributed by atoms with Crippen molar-refractivity contribution in [2.45, 2.75) is 32.5 Å². The highest BCUT2D eigenvalue weighted by atomic mass is 35.5. The lowest BCUT2D eigenvalue weighted by molar-refractivity contribution is -0.155. The summed E-state index contributed by atoms with van der Waals surface area (Å²) in [5.74, 6) is -1.16. The van der Waals surface area contributed by atoms with Gasteiger partial charge in [0.2, 0.25) is 0 Å². The van der Waals surface area contributed by atoms with Crippen LogP contribution in [0.1, 0.15) is 25.5 Å². The van der Waals surface area contributed by atoms with Crippen molar-refractivity contribution in [2.75, 3.05) is 0 Å². The number of halogens is 2. The maximum Gasteiger partial charge on any atom is 0.326 e. The highest BCUT2D eigenvalue weighted by molar-refractivity contribution is 6.35. The molecular weight excluding hydrogens is 379 g/mol. The molecule has 2 rings (SSSR count). The van der Waals surface area contributed by atoms with Gasteiger partial charge in [-0.2, -0.15) is 0 Å². The molecule has 138 valence electrons. The Morgan fingerprint density at radius 3 is 2.58 bits per heavy atom. The van der Waals surface area contributed by atoms with E-state index in [0.717, 1.165) is 0 Å². The molecule has 0 saturated carbocycles. The van der Waals surface area contributed by atoms with E-state index < -0.39 is 24.0 Å². The van der Waals surface area contributed by atoms with Gasteiger partial charge in [0.25, 0.3) is 11.5 Å². The molecule has 0 fully saturated rings. The first-order valence-electron chi connectivity index (χ1n) is 7.88. The van der Waals surface area contributed by atoms with Crippen molar-refractivity contribution in [2.24, 2.45) is 0 Å². The highest BCUT2D eigenvalue weighted by Crippen LogP contribution is 2.26. The molecule has 0 aliphatic rings. The summed E-state index contributed by atoms with van der Waals surface area (Å²) < 4.78 is 6.29. The molecule has 0 spiro atoms. The van der Waals surface area contributed by atoms with Gasteiger partial charge in [-0.05, 0) is 37.6 Å². The van der Waals surface area contributed by atoms with E-state index in [4.69, 9.17) is 27.9 Å². The summed E-state index contributed by atoms with van der Waals surface area (Å²) in [6.07, 6.45) is 0.453. The van der Waals surface area contributed by atoms with E-state index in [9.17, 15) is 14.4 Å². The van der Waals surface area contributed by atoms with Crippen molar-refractivity contribution in [1.82, 2.24) is 9.88 Å². The fourth-order valence-corrected chi connectivity index (χ4v) is 2.85. The Morgan fingerprint density at radius 2 is 1.92 bits per heavy atom. The normalized spacial score (nSPS) is 12.9. The zero-order valence-corrected chi connectivity index (χ0v) is 15.8. The first-order chi connectivity index (χ1) is 12.3. The van der Waals surface area contributed by atoms with Crippen LogP contribution in [-0.4, -0.2) is 22.5 Å². The third-order valence-electron chi connectivity index (χ3n) is 3.66. The van der Waals surface area contributed by atoms with E-state index in [1.807, 2.05) is 0 Å². The number of carbonyl (C=O) groups excluding carboxylic acids is 2. The van der Waals surface area contributed by atoms with Crippen LogP contribution in [0.25, 0.3) is 0 Å². The predicted molar refractivity (Wildman–Crippen MR) is 99.3 cm³/mol. The van der Waals surface area contributed by atoms with E-state index in [2.05, 4.69) is 5.32 Å². The number of nitrogens with one attached hydrogen (secondary N) is 1. The molecule has 1 aromatic heterocycles. The summed E-state index contributed by atoms with van der Waals surface area (Å²) in [4.78, 5) is 35.7. The molecular formula is C18H18Cl2N2O4. The van der Waals surface area contributed by atoms with Gasteiger partial charge in [0.15, 0.2) is 6.10 Å². The van der Waals surface area contributed by atoms with Crippen LogP contribution in [0.2, 0.25) is 10.0 Å². The number of carbonyl (C=O) groups is 2. The third kappa shape index (κ3) is 5.34. The van der Waals surface area contributed by atoms with Gasteiger partial charge in [0, 0.05) is 22.3 Å². The Hall–Kier alpha value is -2.31. The molecule has 1 aromatic carbocycles. The number of amides is 1. The fourth-order valence-electron chi connectivity index (χ4n) is 2.28. The van der Waals surface area contributed by atoms with Gasteiger partial charge in [-0.3, -0.25) is 14.4 Å². The second kappa shape index (κ2) is 8.87. The van der Waals surface area contributed by atoms with E-state index in [1.54, 1.807) is 37.3 Å². The second-order valence-corrected chi connectivity index (χ2v) is 6.54. The molecule has 8 heteroatoms. The minimum absolute atomic E-state index is 0.268. The van der Waals surface area contributed by atoms with Gasteiger partial charge >= 0.3 is 5.97 Å². The summed E-state index contributed by atoms with van der Waals surface area (Å²) >= 11 is 12.0. The number of ether oxygens (including phenoxy) is 1. The van der Waals surface area contributed by atoms with Crippen LogP contribution in [0.15, 0.2) is 47.4 Å². The van der Waals surface area contributed by atoms with Crippen molar-refractivity contribution in [3.05, 3.63) is 68.6 Å². The maximum atomic E-state index is 12.2. The number of hydrogen-bond acceptors (Lipinski definition) is 4. The Balaban J connectivity index is 1.93. The highest BCUT2D eigenvalue weighted by Gasteiger charge is 2.21. The maximum absolute atomic E-state index is 12.2. The fraction of sp³-hybridized carbons (Fsp3) is 0.278. The van der Waals surface area contributed by atoms with Crippen LogP contribution in [0.4, 0.5) is 0 Å². The standard InChI is InChI=1S/C18H18Cl2N2O4/c1-11(14-7-6-13(19)9-15(14)20)21-18(25)12(2)26-17(24)10-22-8-4-3-5-16(22)23/h3-9,11-12H,10H2,1-2H3,(H,21,25)/t11-,12+/m1/s1. The SMILES string of the molecule is C[C@H](OC(=O)Cn1ccccc1=O)C(=O)N[C@H](C)c1ccc(Cl)cc1Cl. The van der Waals surface area contributed by atoms with Crippen LogP contribution in [0.5, 0.6) is 0 Å². The summed E-state index contributed by atoms with van der Waals surface area (Å²) in [6.45, 7) is 2.94. The third-order valence-corrected chi connectivity index (χ3v) is 4.23. The zero-order chi connectivity index (χ0) is 19.3. The molecule has 1 heterocycles. The number of pyridine rings is 1. The van der Waals surface area contributed by atoms with E-state index in [-0.39, 0.29) is 12.1 Å². The lowest BCUT2D eigenvalue weighted by Crippen LogP contribution is -2.38. The Labute approximate surface area is 160 Å². The van der Waals surface area contributed by atoms with E-state index >= 15 is 0 Å². The van der Waals surface area contributed by atoms with Gasteiger partial charge in [0.05, 0.1) is 6.04 Å². The van der Waals surface area contributed by atoms with Crippen LogP contribution in [0, 0.1) is 0 Å². The summed E-state index contributed by atoms with van der Waals surface area (Å²) in [5, 5.41) is 3.65. The molecule has 0 aliphatic heterocycles. The summed E-state index contributed by atoms with van der Waals surface area (Å²) in [6, 6.07) is 9.11. The first-order valence-corrected chi connectivity index (χ1v) is 8.64. The number of esters is 1. The quantitative estimate of drug-likeness (QED) is 0.761. The molecule has 0 radical (unpaired) electrons. The molecule has 2 aromatic rings. The molecule has 1 N–H and O–H groups in total. The van der Waals surface area contributed by atoms with Crippen molar-refractivity contribution in [3.8, 4) is 0 Å². The van der Waals surface area contributed by atoms with E-state index in [1.165, 1.54) is 23.8 Å². The number of benzene rings is 1. The van der Waals surface area contributed by atoms with Crippen LogP contribution >= 0.6 is 23.2 Å². The smallest absolute Gasteiger partial charge is 0.326 e. The first kappa shape index (κ1) is 20.0. The topological polar surface area (TPSA) is 77.4 Å². The number of aromatic nitrogens is 1. The van der Waals surface area contributed by atoms with Crippen LogP contribution < -0.4 is 10.9 Å². The second-order valence-electron chi connectivity index (χ2n) is 5.69. The predicted octanol–water partition coefficient (Wildman–Crippen LogP) is 2.96. The molecule has 6 nitrogen and oxygen atoms in total.